The molecule has 4 atom stereocenters. The second kappa shape index (κ2) is 8.31. The number of hydrogen-bond donors (Lipinski definition) is 2. The van der Waals surface area contributed by atoms with Gasteiger partial charge < -0.3 is 19.4 Å². The predicted molar refractivity (Wildman–Crippen MR) is 103 cm³/mol. The highest BCUT2D eigenvalue weighted by atomic mass is 28.4. The van der Waals surface area contributed by atoms with Gasteiger partial charge in [0.15, 0.2) is 8.32 Å². The van der Waals surface area contributed by atoms with Gasteiger partial charge in [0.25, 0.3) is 0 Å². The third kappa shape index (κ3) is 5.38. The average Bonchev–Trinajstić information content (AvgIpc) is 2.52. The molecule has 0 amide bonds. The maximum Gasteiger partial charge on any atom is 0.192 e. The van der Waals surface area contributed by atoms with Crippen LogP contribution in [0.1, 0.15) is 39.2 Å². The van der Waals surface area contributed by atoms with Gasteiger partial charge >= 0.3 is 0 Å². The van der Waals surface area contributed by atoms with Gasteiger partial charge in [0.05, 0.1) is 31.5 Å². The Morgan fingerprint density at radius 1 is 1.12 bits per heavy atom. The Hall–Kier alpha value is -0.723. The second-order valence-corrected chi connectivity index (χ2v) is 13.5. The van der Waals surface area contributed by atoms with Gasteiger partial charge in [0.1, 0.15) is 0 Å². The summed E-state index contributed by atoms with van der Waals surface area (Å²) in [5, 5.41) is 20.4. The van der Waals surface area contributed by atoms with Gasteiger partial charge in [-0.15, -0.1) is 0 Å². The van der Waals surface area contributed by atoms with Gasteiger partial charge in [-0.25, -0.2) is 0 Å². The van der Waals surface area contributed by atoms with Crippen LogP contribution >= 0.6 is 0 Å². The molecule has 1 aromatic carbocycles. The van der Waals surface area contributed by atoms with E-state index in [9.17, 15) is 10.2 Å². The molecule has 0 unspecified atom stereocenters. The van der Waals surface area contributed by atoms with E-state index in [1.165, 1.54) is 0 Å². The zero-order valence-electron chi connectivity index (χ0n) is 16.2. The van der Waals surface area contributed by atoms with Crippen LogP contribution in [-0.4, -0.2) is 43.4 Å². The van der Waals surface area contributed by atoms with Crippen LogP contribution in [0.3, 0.4) is 0 Å². The topological polar surface area (TPSA) is 58.9 Å². The van der Waals surface area contributed by atoms with Crippen LogP contribution in [0.4, 0.5) is 0 Å². The van der Waals surface area contributed by atoms with Crippen molar-refractivity contribution in [2.45, 2.75) is 76.7 Å². The summed E-state index contributed by atoms with van der Waals surface area (Å²) in [7, 11) is -1.97. The molecule has 25 heavy (non-hydrogen) atoms. The lowest BCUT2D eigenvalue weighted by Crippen LogP contribution is -2.52. The maximum absolute atomic E-state index is 10.5. The highest BCUT2D eigenvalue weighted by molar-refractivity contribution is 6.74. The Balaban J connectivity index is 2.03. The standard InChI is InChI=1S/C20H34O4Si/c1-20(2,3)25(4,5)24-19-12-16(11-18(22)17(19)13-21)23-14-15-9-7-6-8-10-15/h6-10,16-19,21-22H,11-14H2,1-5H3/t16-,17-,18-,19+/m1/s1. The molecule has 4 nitrogen and oxygen atoms in total. The number of rotatable bonds is 6. The largest absolute Gasteiger partial charge is 0.413 e. The lowest BCUT2D eigenvalue weighted by Gasteiger charge is -2.45. The van der Waals surface area contributed by atoms with E-state index < -0.39 is 14.4 Å². The van der Waals surface area contributed by atoms with Gasteiger partial charge in [0.2, 0.25) is 0 Å². The molecular formula is C20H34O4Si. The van der Waals surface area contributed by atoms with E-state index in [4.69, 9.17) is 9.16 Å². The fourth-order valence-corrected chi connectivity index (χ4v) is 4.46. The molecular weight excluding hydrogens is 332 g/mol. The molecule has 1 aromatic rings. The van der Waals surface area contributed by atoms with Crippen molar-refractivity contribution in [3.63, 3.8) is 0 Å². The van der Waals surface area contributed by atoms with Gasteiger partial charge in [-0.1, -0.05) is 51.1 Å². The first-order valence-electron chi connectivity index (χ1n) is 9.26. The molecule has 0 saturated heterocycles. The van der Waals surface area contributed by atoms with E-state index >= 15 is 0 Å². The molecule has 142 valence electrons. The van der Waals surface area contributed by atoms with Crippen molar-refractivity contribution < 1.29 is 19.4 Å². The maximum atomic E-state index is 10.5. The Kier molecular flexibility index (Phi) is 6.85. The lowest BCUT2D eigenvalue weighted by atomic mass is 9.83. The molecule has 1 aliphatic carbocycles. The Labute approximate surface area is 153 Å². The van der Waals surface area contributed by atoms with E-state index in [1.54, 1.807) is 0 Å². The minimum absolute atomic E-state index is 0.0484. The van der Waals surface area contributed by atoms with Crippen molar-refractivity contribution >= 4 is 8.32 Å². The van der Waals surface area contributed by atoms with Gasteiger partial charge in [-0.05, 0) is 30.1 Å². The number of ether oxygens (including phenoxy) is 1. The number of aliphatic hydroxyl groups is 2. The fraction of sp³-hybridized carbons (Fsp3) is 0.700. The fourth-order valence-electron chi connectivity index (χ4n) is 3.08. The molecule has 1 saturated carbocycles. The quantitative estimate of drug-likeness (QED) is 0.753. The third-order valence-corrected chi connectivity index (χ3v) is 10.3. The summed E-state index contributed by atoms with van der Waals surface area (Å²) < 4.78 is 12.6. The number of hydrogen-bond acceptors (Lipinski definition) is 4. The van der Waals surface area contributed by atoms with Crippen molar-refractivity contribution in [3.8, 4) is 0 Å². The van der Waals surface area contributed by atoms with Crippen LogP contribution < -0.4 is 0 Å². The Bertz CT molecular complexity index is 526. The summed E-state index contributed by atoms with van der Waals surface area (Å²) in [6, 6.07) is 10.1. The van der Waals surface area contributed by atoms with E-state index in [2.05, 4.69) is 33.9 Å². The van der Waals surface area contributed by atoms with Crippen molar-refractivity contribution in [1.82, 2.24) is 0 Å². The summed E-state index contributed by atoms with van der Waals surface area (Å²) >= 11 is 0. The van der Waals surface area contributed by atoms with Crippen molar-refractivity contribution in [2.75, 3.05) is 6.61 Å². The van der Waals surface area contributed by atoms with Crippen LogP contribution in [0.15, 0.2) is 30.3 Å². The molecule has 0 spiro atoms. The molecule has 2 rings (SSSR count). The molecule has 0 aromatic heterocycles. The van der Waals surface area contributed by atoms with Crippen LogP contribution in [0.2, 0.25) is 18.1 Å². The first-order chi connectivity index (χ1) is 11.6. The second-order valence-electron chi connectivity index (χ2n) is 8.72. The molecule has 1 aliphatic rings. The first kappa shape index (κ1) is 20.6. The molecule has 0 aliphatic heterocycles. The van der Waals surface area contributed by atoms with E-state index in [0.717, 1.165) is 12.0 Å². The summed E-state index contributed by atoms with van der Waals surface area (Å²) in [6.07, 6.45) is 0.481. The monoisotopic (exact) mass is 366 g/mol. The summed E-state index contributed by atoms with van der Waals surface area (Å²) in [5.74, 6) is -0.231. The zero-order valence-corrected chi connectivity index (χ0v) is 17.2. The predicted octanol–water partition coefficient (Wildman–Crippen LogP) is 3.73. The van der Waals surface area contributed by atoms with Crippen LogP contribution in [0.25, 0.3) is 0 Å². The molecule has 1 fully saturated rings. The highest BCUT2D eigenvalue weighted by Gasteiger charge is 2.44. The van der Waals surface area contributed by atoms with Crippen LogP contribution in [0, 0.1) is 5.92 Å². The van der Waals surface area contributed by atoms with E-state index in [1.807, 2.05) is 30.3 Å². The first-order valence-corrected chi connectivity index (χ1v) is 12.2. The van der Waals surface area contributed by atoms with Gasteiger partial charge in [-0.3, -0.25) is 0 Å². The molecule has 0 radical (unpaired) electrons. The summed E-state index contributed by atoms with van der Waals surface area (Å²) in [4.78, 5) is 0. The molecule has 0 bridgehead atoms. The van der Waals surface area contributed by atoms with Crippen LogP contribution in [0.5, 0.6) is 0 Å². The minimum atomic E-state index is -1.97. The van der Waals surface area contributed by atoms with Crippen LogP contribution in [-0.2, 0) is 15.8 Å². The zero-order chi connectivity index (χ0) is 18.7. The van der Waals surface area contributed by atoms with Gasteiger partial charge in [0, 0.05) is 12.3 Å². The molecule has 0 heterocycles. The van der Waals surface area contributed by atoms with E-state index in [0.29, 0.717) is 13.0 Å². The minimum Gasteiger partial charge on any atom is -0.413 e. The average molecular weight is 367 g/mol. The van der Waals surface area contributed by atoms with Gasteiger partial charge in [-0.2, -0.15) is 0 Å². The lowest BCUT2D eigenvalue weighted by molar-refractivity contribution is -0.106. The molecule has 5 heteroatoms. The van der Waals surface area contributed by atoms with Crippen molar-refractivity contribution in [1.29, 1.82) is 0 Å². The summed E-state index contributed by atoms with van der Waals surface area (Å²) in [5.41, 5.74) is 1.13. The highest BCUT2D eigenvalue weighted by Crippen LogP contribution is 2.40. The number of benzene rings is 1. The van der Waals surface area contributed by atoms with Crippen molar-refractivity contribution in [3.05, 3.63) is 35.9 Å². The molecule has 2 N–H and O–H groups in total. The summed E-state index contributed by atoms with van der Waals surface area (Å²) in [6.45, 7) is 11.5. The Morgan fingerprint density at radius 3 is 2.32 bits per heavy atom. The Morgan fingerprint density at radius 2 is 1.76 bits per heavy atom. The normalized spacial score (nSPS) is 28.1. The number of aliphatic hydroxyl groups excluding tert-OH is 2. The SMILES string of the molecule is CC(C)(C)[Si](C)(C)O[C@H]1C[C@H](OCc2ccccc2)C[C@@H](O)[C@H]1CO. The smallest absolute Gasteiger partial charge is 0.192 e. The van der Waals surface area contributed by atoms with Crippen molar-refractivity contribution in [2.24, 2.45) is 5.92 Å². The van der Waals surface area contributed by atoms with E-state index in [-0.39, 0.29) is 29.8 Å². The third-order valence-electron chi connectivity index (χ3n) is 5.76.